The van der Waals surface area contributed by atoms with Gasteiger partial charge in [-0.25, -0.2) is 9.78 Å². The standard InChI is InChI=1S/C17H15ClF3NO4/c1-3-10-6-5-7-13(25-26-14(23)4-2)15(10)24-16-12(18)8-11(9-22-16)17(19,20)21/h5-9H,3-4H2,1-2H3. The number of carbonyl (C=O) groups is 1. The molecular weight excluding hydrogens is 375 g/mol. The smallest absolute Gasteiger partial charge is 0.417 e. The maximum absolute atomic E-state index is 12.7. The van der Waals surface area contributed by atoms with E-state index < -0.39 is 17.7 Å². The van der Waals surface area contributed by atoms with E-state index in [1.54, 1.807) is 19.1 Å². The van der Waals surface area contributed by atoms with Gasteiger partial charge in [-0.1, -0.05) is 37.6 Å². The van der Waals surface area contributed by atoms with Gasteiger partial charge in [0.15, 0.2) is 5.75 Å². The molecule has 0 aliphatic rings. The molecule has 5 nitrogen and oxygen atoms in total. The van der Waals surface area contributed by atoms with Crippen LogP contribution in [0.5, 0.6) is 17.4 Å². The molecule has 0 unspecified atom stereocenters. The van der Waals surface area contributed by atoms with Gasteiger partial charge in [-0.05, 0) is 24.1 Å². The van der Waals surface area contributed by atoms with Crippen molar-refractivity contribution < 1.29 is 32.5 Å². The Morgan fingerprint density at radius 2 is 2.00 bits per heavy atom. The fourth-order valence-corrected chi connectivity index (χ4v) is 2.13. The summed E-state index contributed by atoms with van der Waals surface area (Å²) >= 11 is 5.87. The van der Waals surface area contributed by atoms with Crippen LogP contribution >= 0.6 is 11.6 Å². The zero-order valence-corrected chi connectivity index (χ0v) is 14.6. The summed E-state index contributed by atoms with van der Waals surface area (Å²) < 4.78 is 43.7. The van der Waals surface area contributed by atoms with E-state index >= 15 is 0 Å². The number of alkyl halides is 3. The van der Waals surface area contributed by atoms with Crippen LogP contribution in [0.1, 0.15) is 31.4 Å². The number of pyridine rings is 1. The molecule has 0 amide bonds. The summed E-state index contributed by atoms with van der Waals surface area (Å²) in [6.07, 6.45) is -3.32. The molecule has 1 heterocycles. The number of para-hydroxylation sites is 1. The van der Waals surface area contributed by atoms with E-state index in [0.717, 1.165) is 6.07 Å². The molecule has 0 bridgehead atoms. The van der Waals surface area contributed by atoms with Gasteiger partial charge < -0.3 is 4.74 Å². The summed E-state index contributed by atoms with van der Waals surface area (Å²) in [7, 11) is 0. The molecule has 0 aliphatic carbocycles. The second-order valence-corrected chi connectivity index (χ2v) is 5.51. The van der Waals surface area contributed by atoms with Gasteiger partial charge in [-0.15, -0.1) is 0 Å². The van der Waals surface area contributed by atoms with Crippen LogP contribution in [0, 0.1) is 0 Å². The predicted octanol–water partition coefficient (Wildman–Crippen LogP) is 5.36. The van der Waals surface area contributed by atoms with Crippen molar-refractivity contribution in [1.29, 1.82) is 0 Å². The summed E-state index contributed by atoms with van der Waals surface area (Å²) in [5, 5.41) is -0.317. The number of aryl methyl sites for hydroxylation is 1. The van der Waals surface area contributed by atoms with Gasteiger partial charge in [-0.2, -0.15) is 13.2 Å². The maximum atomic E-state index is 12.7. The van der Waals surface area contributed by atoms with E-state index in [2.05, 4.69) is 9.87 Å². The van der Waals surface area contributed by atoms with E-state index in [1.807, 2.05) is 6.92 Å². The Morgan fingerprint density at radius 1 is 1.27 bits per heavy atom. The molecule has 0 saturated heterocycles. The minimum Gasteiger partial charge on any atom is -0.433 e. The third kappa shape index (κ3) is 4.78. The van der Waals surface area contributed by atoms with Crippen LogP contribution in [0.2, 0.25) is 5.02 Å². The molecule has 0 spiro atoms. The lowest BCUT2D eigenvalue weighted by Gasteiger charge is -2.15. The van der Waals surface area contributed by atoms with Gasteiger partial charge >= 0.3 is 12.1 Å². The first-order valence-electron chi connectivity index (χ1n) is 7.66. The molecule has 0 atom stereocenters. The Hall–Kier alpha value is -2.48. The van der Waals surface area contributed by atoms with Crippen LogP contribution in [0.25, 0.3) is 0 Å². The quantitative estimate of drug-likeness (QED) is 0.492. The highest BCUT2D eigenvalue weighted by Gasteiger charge is 2.32. The third-order valence-electron chi connectivity index (χ3n) is 3.29. The van der Waals surface area contributed by atoms with Crippen molar-refractivity contribution in [2.45, 2.75) is 32.9 Å². The molecule has 1 aromatic carbocycles. The molecule has 2 rings (SSSR count). The monoisotopic (exact) mass is 389 g/mol. The van der Waals surface area contributed by atoms with E-state index in [1.165, 1.54) is 6.07 Å². The second kappa shape index (κ2) is 8.27. The average molecular weight is 390 g/mol. The molecule has 0 radical (unpaired) electrons. The molecular formula is C17H15ClF3NO4. The Balaban J connectivity index is 2.34. The van der Waals surface area contributed by atoms with Crippen LogP contribution in [0.4, 0.5) is 13.2 Å². The number of rotatable bonds is 6. The number of carbonyl (C=O) groups excluding carboxylic acids is 1. The molecule has 0 aliphatic heterocycles. The van der Waals surface area contributed by atoms with Gasteiger partial charge in [0.2, 0.25) is 11.6 Å². The first kappa shape index (κ1) is 19.8. The first-order chi connectivity index (χ1) is 12.3. The fourth-order valence-electron chi connectivity index (χ4n) is 1.92. The van der Waals surface area contributed by atoms with Gasteiger partial charge in [0.25, 0.3) is 0 Å². The average Bonchev–Trinajstić information content (AvgIpc) is 2.60. The number of halogens is 4. The maximum Gasteiger partial charge on any atom is 0.417 e. The highest BCUT2D eigenvalue weighted by atomic mass is 35.5. The minimum absolute atomic E-state index is 0.0731. The number of ether oxygens (including phenoxy) is 1. The largest absolute Gasteiger partial charge is 0.433 e. The van der Waals surface area contributed by atoms with Crippen LogP contribution in [-0.2, 0) is 22.3 Å². The van der Waals surface area contributed by atoms with Gasteiger partial charge in [-0.3, -0.25) is 9.78 Å². The van der Waals surface area contributed by atoms with Crippen molar-refractivity contribution in [3.05, 3.63) is 46.6 Å². The van der Waals surface area contributed by atoms with E-state index in [0.29, 0.717) is 18.2 Å². The van der Waals surface area contributed by atoms with Crippen molar-refractivity contribution in [2.75, 3.05) is 0 Å². The number of hydrogen-bond acceptors (Lipinski definition) is 5. The SMILES string of the molecule is CCC(=O)OOc1cccc(CC)c1Oc1ncc(C(F)(F)F)cc1Cl. The first-order valence-corrected chi connectivity index (χ1v) is 8.03. The topological polar surface area (TPSA) is 57.7 Å². The number of hydrogen-bond donors (Lipinski definition) is 0. The summed E-state index contributed by atoms with van der Waals surface area (Å²) in [6, 6.07) is 5.58. The molecule has 0 N–H and O–H groups in total. The van der Waals surface area contributed by atoms with Crippen LogP contribution in [0.3, 0.4) is 0 Å². The predicted molar refractivity (Wildman–Crippen MR) is 87.2 cm³/mol. The lowest BCUT2D eigenvalue weighted by molar-refractivity contribution is -0.213. The highest BCUT2D eigenvalue weighted by Crippen LogP contribution is 2.39. The minimum atomic E-state index is -4.57. The second-order valence-electron chi connectivity index (χ2n) is 5.10. The lowest BCUT2D eigenvalue weighted by atomic mass is 10.1. The Kier molecular flexibility index (Phi) is 6.31. The van der Waals surface area contributed by atoms with Crippen molar-refractivity contribution in [3.8, 4) is 17.4 Å². The van der Waals surface area contributed by atoms with Gasteiger partial charge in [0.05, 0.1) is 5.56 Å². The van der Waals surface area contributed by atoms with E-state index in [4.69, 9.17) is 21.2 Å². The molecule has 140 valence electrons. The van der Waals surface area contributed by atoms with Crippen LogP contribution in [0.15, 0.2) is 30.5 Å². The highest BCUT2D eigenvalue weighted by molar-refractivity contribution is 6.31. The fraction of sp³-hybridized carbons (Fsp3) is 0.294. The van der Waals surface area contributed by atoms with Crippen molar-refractivity contribution in [2.24, 2.45) is 0 Å². The number of nitrogens with zero attached hydrogens (tertiary/aromatic N) is 1. The Bertz CT molecular complexity index is 796. The van der Waals surface area contributed by atoms with E-state index in [-0.39, 0.29) is 28.8 Å². The van der Waals surface area contributed by atoms with Crippen LogP contribution in [-0.4, -0.2) is 11.0 Å². The molecule has 26 heavy (non-hydrogen) atoms. The number of aromatic nitrogens is 1. The van der Waals surface area contributed by atoms with Crippen molar-refractivity contribution in [3.63, 3.8) is 0 Å². The van der Waals surface area contributed by atoms with Gasteiger partial charge in [0, 0.05) is 12.6 Å². The molecule has 0 saturated carbocycles. The van der Waals surface area contributed by atoms with E-state index in [9.17, 15) is 18.0 Å². The normalized spacial score (nSPS) is 11.2. The van der Waals surface area contributed by atoms with Crippen molar-refractivity contribution in [1.82, 2.24) is 4.98 Å². The molecule has 1 aromatic heterocycles. The Labute approximate surface area is 152 Å². The lowest BCUT2D eigenvalue weighted by Crippen LogP contribution is -2.08. The number of benzene rings is 1. The van der Waals surface area contributed by atoms with Gasteiger partial charge in [0.1, 0.15) is 5.02 Å². The zero-order chi connectivity index (χ0) is 19.3. The zero-order valence-electron chi connectivity index (χ0n) is 13.9. The van der Waals surface area contributed by atoms with Crippen molar-refractivity contribution >= 4 is 17.6 Å². The third-order valence-corrected chi connectivity index (χ3v) is 3.56. The molecule has 9 heteroatoms. The summed E-state index contributed by atoms with van der Waals surface area (Å²) in [6.45, 7) is 3.43. The summed E-state index contributed by atoms with van der Waals surface area (Å²) in [5.41, 5.74) is -0.334. The summed E-state index contributed by atoms with van der Waals surface area (Å²) in [5.74, 6) is -0.604. The summed E-state index contributed by atoms with van der Waals surface area (Å²) in [4.78, 5) is 24.5. The molecule has 0 fully saturated rings. The van der Waals surface area contributed by atoms with Crippen LogP contribution < -0.4 is 9.62 Å². The molecule has 2 aromatic rings. The Morgan fingerprint density at radius 3 is 2.58 bits per heavy atom.